The van der Waals surface area contributed by atoms with Crippen LogP contribution in [0.2, 0.25) is 0 Å². The first-order valence-corrected chi connectivity index (χ1v) is 8.09. The standard InChI is InChI=1S/C17H22N4/c1-2-7-14(8-3-1)21-12-19-17(20-21)11-18-16-10-13-6-4-5-9-15(13)16/h1-3,7-8,12-13,15-16,18H,4-6,9-11H2/t13-,15-,16?/m0/s1. The SMILES string of the molecule is c1ccc(-n2cnc(CNC3C[C@@H]4CCCC[C@H]34)n2)cc1. The molecule has 110 valence electrons. The molecule has 0 saturated heterocycles. The third-order valence-corrected chi connectivity index (χ3v) is 5.12. The highest BCUT2D eigenvalue weighted by Crippen LogP contribution is 2.44. The van der Waals surface area contributed by atoms with Gasteiger partial charge in [0.25, 0.3) is 0 Å². The third-order valence-electron chi connectivity index (χ3n) is 5.12. The first-order chi connectivity index (χ1) is 10.4. The van der Waals surface area contributed by atoms with E-state index in [1.54, 1.807) is 6.33 Å². The van der Waals surface area contributed by atoms with Crippen molar-refractivity contribution in [2.45, 2.75) is 44.7 Å². The summed E-state index contributed by atoms with van der Waals surface area (Å²) in [5.41, 5.74) is 1.06. The molecule has 3 atom stereocenters. The van der Waals surface area contributed by atoms with Gasteiger partial charge in [-0.1, -0.05) is 37.5 Å². The molecule has 0 amide bonds. The molecule has 1 N–H and O–H groups in total. The van der Waals surface area contributed by atoms with Gasteiger partial charge in [0.1, 0.15) is 6.33 Å². The number of aromatic nitrogens is 3. The van der Waals surface area contributed by atoms with E-state index in [4.69, 9.17) is 0 Å². The largest absolute Gasteiger partial charge is 0.307 e. The number of para-hydroxylation sites is 1. The van der Waals surface area contributed by atoms with Crippen LogP contribution in [0, 0.1) is 11.8 Å². The lowest BCUT2D eigenvalue weighted by Gasteiger charge is -2.48. The molecule has 4 rings (SSSR count). The average Bonchev–Trinajstić information content (AvgIpc) is 2.98. The van der Waals surface area contributed by atoms with Gasteiger partial charge in [0.2, 0.25) is 0 Å². The van der Waals surface area contributed by atoms with Crippen molar-refractivity contribution in [1.29, 1.82) is 0 Å². The van der Waals surface area contributed by atoms with Gasteiger partial charge in [0.15, 0.2) is 5.82 Å². The zero-order valence-electron chi connectivity index (χ0n) is 12.3. The summed E-state index contributed by atoms with van der Waals surface area (Å²) < 4.78 is 1.85. The predicted octanol–water partition coefficient (Wildman–Crippen LogP) is 2.94. The minimum Gasteiger partial charge on any atom is -0.307 e. The number of benzene rings is 1. The van der Waals surface area contributed by atoms with E-state index in [1.165, 1.54) is 32.1 Å². The molecule has 21 heavy (non-hydrogen) atoms. The highest BCUT2D eigenvalue weighted by molar-refractivity contribution is 5.29. The second-order valence-electron chi connectivity index (χ2n) is 6.37. The quantitative estimate of drug-likeness (QED) is 0.937. The molecular formula is C17H22N4. The molecule has 2 aromatic rings. The molecule has 4 nitrogen and oxygen atoms in total. The molecule has 1 heterocycles. The Kier molecular flexibility index (Phi) is 3.47. The number of hydrogen-bond donors (Lipinski definition) is 1. The summed E-state index contributed by atoms with van der Waals surface area (Å²) in [6.07, 6.45) is 8.87. The van der Waals surface area contributed by atoms with Crippen LogP contribution >= 0.6 is 0 Å². The van der Waals surface area contributed by atoms with Crippen molar-refractivity contribution in [2.24, 2.45) is 11.8 Å². The van der Waals surface area contributed by atoms with Gasteiger partial charge in [0.05, 0.1) is 12.2 Å². The van der Waals surface area contributed by atoms with Crippen LogP contribution in [0.25, 0.3) is 5.69 Å². The molecule has 2 fully saturated rings. The minimum absolute atomic E-state index is 0.693. The highest BCUT2D eigenvalue weighted by Gasteiger charge is 2.41. The Morgan fingerprint density at radius 1 is 1.14 bits per heavy atom. The number of nitrogens with one attached hydrogen (secondary N) is 1. The summed E-state index contributed by atoms with van der Waals surface area (Å²) >= 11 is 0. The van der Waals surface area contributed by atoms with Gasteiger partial charge in [-0.15, -0.1) is 5.10 Å². The van der Waals surface area contributed by atoms with Gasteiger partial charge in [-0.3, -0.25) is 0 Å². The molecule has 1 aromatic carbocycles. The van der Waals surface area contributed by atoms with Gasteiger partial charge < -0.3 is 5.32 Å². The van der Waals surface area contributed by atoms with Crippen molar-refractivity contribution < 1.29 is 0 Å². The maximum atomic E-state index is 4.56. The normalized spacial score (nSPS) is 27.9. The molecular weight excluding hydrogens is 260 g/mol. The zero-order valence-corrected chi connectivity index (χ0v) is 12.3. The van der Waals surface area contributed by atoms with Crippen LogP contribution in [0.5, 0.6) is 0 Å². The summed E-state index contributed by atoms with van der Waals surface area (Å²) in [4.78, 5) is 4.42. The minimum atomic E-state index is 0.693. The second kappa shape index (κ2) is 5.60. The van der Waals surface area contributed by atoms with Crippen LogP contribution in [0.3, 0.4) is 0 Å². The lowest BCUT2D eigenvalue weighted by molar-refractivity contribution is 0.0585. The molecule has 1 unspecified atom stereocenters. The zero-order chi connectivity index (χ0) is 14.1. The van der Waals surface area contributed by atoms with E-state index in [-0.39, 0.29) is 0 Å². The fourth-order valence-corrected chi connectivity index (χ4v) is 3.90. The van der Waals surface area contributed by atoms with Crippen molar-refractivity contribution in [3.05, 3.63) is 42.5 Å². The maximum Gasteiger partial charge on any atom is 0.164 e. The molecule has 2 aliphatic rings. The first kappa shape index (κ1) is 13.0. The Hall–Kier alpha value is -1.68. The molecule has 0 spiro atoms. The van der Waals surface area contributed by atoms with E-state index in [0.717, 1.165) is 29.9 Å². The van der Waals surface area contributed by atoms with Crippen LogP contribution in [-0.4, -0.2) is 20.8 Å². The third kappa shape index (κ3) is 2.60. The summed E-state index contributed by atoms with van der Waals surface area (Å²) in [6, 6.07) is 10.8. The number of fused-ring (bicyclic) bond motifs is 1. The Balaban J connectivity index is 1.35. The Morgan fingerprint density at radius 3 is 2.86 bits per heavy atom. The van der Waals surface area contributed by atoms with Crippen molar-refractivity contribution in [3.8, 4) is 5.69 Å². The Bertz CT molecular complexity index is 592. The van der Waals surface area contributed by atoms with Gasteiger partial charge >= 0.3 is 0 Å². The predicted molar refractivity (Wildman–Crippen MR) is 82.1 cm³/mol. The van der Waals surface area contributed by atoms with E-state index in [1.807, 2.05) is 35.0 Å². The summed E-state index contributed by atoms with van der Waals surface area (Å²) in [5, 5.41) is 8.22. The van der Waals surface area contributed by atoms with Crippen molar-refractivity contribution >= 4 is 0 Å². The van der Waals surface area contributed by atoms with E-state index < -0.39 is 0 Å². The summed E-state index contributed by atoms with van der Waals surface area (Å²) in [5.74, 6) is 2.79. The lowest BCUT2D eigenvalue weighted by Crippen LogP contribution is -2.51. The van der Waals surface area contributed by atoms with Crippen LogP contribution in [0.1, 0.15) is 37.9 Å². The Labute approximate surface area is 125 Å². The number of nitrogens with zero attached hydrogens (tertiary/aromatic N) is 3. The fourth-order valence-electron chi connectivity index (χ4n) is 3.90. The summed E-state index contributed by atoms with van der Waals surface area (Å²) in [7, 11) is 0. The van der Waals surface area contributed by atoms with E-state index in [0.29, 0.717) is 6.04 Å². The molecule has 4 heteroatoms. The van der Waals surface area contributed by atoms with Crippen molar-refractivity contribution in [1.82, 2.24) is 20.1 Å². The Morgan fingerprint density at radius 2 is 2.00 bits per heavy atom. The van der Waals surface area contributed by atoms with Crippen molar-refractivity contribution in [2.75, 3.05) is 0 Å². The molecule has 0 bridgehead atoms. The molecule has 0 radical (unpaired) electrons. The second-order valence-corrected chi connectivity index (χ2v) is 6.37. The van der Waals surface area contributed by atoms with E-state index in [2.05, 4.69) is 15.4 Å². The fraction of sp³-hybridized carbons (Fsp3) is 0.529. The molecule has 0 aliphatic heterocycles. The first-order valence-electron chi connectivity index (χ1n) is 8.09. The monoisotopic (exact) mass is 282 g/mol. The van der Waals surface area contributed by atoms with Gasteiger partial charge in [0, 0.05) is 6.04 Å². The average molecular weight is 282 g/mol. The van der Waals surface area contributed by atoms with Crippen molar-refractivity contribution in [3.63, 3.8) is 0 Å². The molecule has 2 saturated carbocycles. The highest BCUT2D eigenvalue weighted by atomic mass is 15.3. The molecule has 1 aromatic heterocycles. The van der Waals surface area contributed by atoms with Gasteiger partial charge in [-0.05, 0) is 36.8 Å². The number of hydrogen-bond acceptors (Lipinski definition) is 3. The van der Waals surface area contributed by atoms with Crippen LogP contribution in [-0.2, 0) is 6.54 Å². The van der Waals surface area contributed by atoms with Crippen LogP contribution < -0.4 is 5.32 Å². The van der Waals surface area contributed by atoms with Crippen LogP contribution in [0.4, 0.5) is 0 Å². The summed E-state index contributed by atoms with van der Waals surface area (Å²) in [6.45, 7) is 0.785. The van der Waals surface area contributed by atoms with Crippen LogP contribution in [0.15, 0.2) is 36.7 Å². The molecule has 2 aliphatic carbocycles. The van der Waals surface area contributed by atoms with E-state index in [9.17, 15) is 0 Å². The van der Waals surface area contributed by atoms with Gasteiger partial charge in [-0.25, -0.2) is 9.67 Å². The lowest BCUT2D eigenvalue weighted by atomic mass is 9.62. The topological polar surface area (TPSA) is 42.7 Å². The van der Waals surface area contributed by atoms with E-state index >= 15 is 0 Å². The maximum absolute atomic E-state index is 4.56. The van der Waals surface area contributed by atoms with Gasteiger partial charge in [-0.2, -0.15) is 0 Å². The number of rotatable bonds is 4. The smallest absolute Gasteiger partial charge is 0.164 e.